The maximum atomic E-state index is 5.78. The van der Waals surface area contributed by atoms with Gasteiger partial charge in [0.05, 0.1) is 0 Å². The van der Waals surface area contributed by atoms with Crippen LogP contribution in [0.3, 0.4) is 0 Å². The quantitative estimate of drug-likeness (QED) is 0.710. The van der Waals surface area contributed by atoms with E-state index in [1.807, 2.05) is 0 Å². The Labute approximate surface area is 107 Å². The van der Waals surface area contributed by atoms with Crippen LogP contribution in [0.4, 0.5) is 0 Å². The Morgan fingerprint density at radius 2 is 2.00 bits per heavy atom. The summed E-state index contributed by atoms with van der Waals surface area (Å²) in [6, 6.07) is 0.701. The second kappa shape index (κ2) is 7.34. The number of nitrogens with two attached hydrogens (primary N) is 1. The largest absolute Gasteiger partial charge is 0.330 e. The van der Waals surface area contributed by atoms with Crippen LogP contribution in [-0.4, -0.2) is 43.7 Å². The average molecular weight is 241 g/mol. The Kier molecular flexibility index (Phi) is 6.45. The lowest BCUT2D eigenvalue weighted by Crippen LogP contribution is -2.35. The van der Waals surface area contributed by atoms with E-state index in [1.165, 1.54) is 19.5 Å². The summed E-state index contributed by atoms with van der Waals surface area (Å²) in [5.41, 5.74) is 5.78. The highest BCUT2D eigenvalue weighted by atomic mass is 15.2. The van der Waals surface area contributed by atoms with Gasteiger partial charge in [0.2, 0.25) is 0 Å². The zero-order valence-electron chi connectivity index (χ0n) is 12.1. The molecule has 17 heavy (non-hydrogen) atoms. The molecule has 0 bridgehead atoms. The van der Waals surface area contributed by atoms with Crippen LogP contribution in [0.25, 0.3) is 0 Å². The maximum absolute atomic E-state index is 5.78. The first-order chi connectivity index (χ1) is 8.04. The topological polar surface area (TPSA) is 41.3 Å². The van der Waals surface area contributed by atoms with E-state index in [1.54, 1.807) is 0 Å². The molecule has 2 unspecified atom stereocenters. The summed E-state index contributed by atoms with van der Waals surface area (Å²) in [7, 11) is 0. The zero-order valence-corrected chi connectivity index (χ0v) is 12.1. The van der Waals surface area contributed by atoms with Gasteiger partial charge in [-0.2, -0.15) is 0 Å². The third kappa shape index (κ3) is 4.94. The molecule has 102 valence electrons. The first-order valence-electron chi connectivity index (χ1n) is 7.19. The molecule has 1 aliphatic rings. The van der Waals surface area contributed by atoms with Crippen LogP contribution in [0.2, 0.25) is 0 Å². The molecule has 1 rings (SSSR count). The smallest absolute Gasteiger partial charge is 0.00387 e. The SMILES string of the molecule is CC(C)C(CN)CNCC1CCN(C(C)C)C1. The van der Waals surface area contributed by atoms with Crippen LogP contribution < -0.4 is 11.1 Å². The summed E-state index contributed by atoms with van der Waals surface area (Å²) in [5, 5.41) is 3.61. The van der Waals surface area contributed by atoms with Crippen molar-refractivity contribution in [3.8, 4) is 0 Å². The highest BCUT2D eigenvalue weighted by molar-refractivity contribution is 4.79. The van der Waals surface area contributed by atoms with E-state index >= 15 is 0 Å². The first kappa shape index (κ1) is 14.9. The normalized spacial score (nSPS) is 23.8. The number of rotatable bonds is 7. The second-order valence-electron chi connectivity index (χ2n) is 6.14. The van der Waals surface area contributed by atoms with Gasteiger partial charge >= 0.3 is 0 Å². The van der Waals surface area contributed by atoms with Crippen LogP contribution >= 0.6 is 0 Å². The van der Waals surface area contributed by atoms with Crippen LogP contribution in [0.1, 0.15) is 34.1 Å². The molecule has 0 aliphatic carbocycles. The van der Waals surface area contributed by atoms with Crippen molar-refractivity contribution in [1.82, 2.24) is 10.2 Å². The monoisotopic (exact) mass is 241 g/mol. The van der Waals surface area contributed by atoms with Crippen molar-refractivity contribution in [2.75, 3.05) is 32.7 Å². The lowest BCUT2D eigenvalue weighted by molar-refractivity contribution is 0.262. The lowest BCUT2D eigenvalue weighted by Gasteiger charge is -2.22. The van der Waals surface area contributed by atoms with Gasteiger partial charge in [0.25, 0.3) is 0 Å². The molecule has 0 aromatic heterocycles. The molecule has 3 N–H and O–H groups in total. The molecule has 0 radical (unpaired) electrons. The Bertz CT molecular complexity index is 204. The van der Waals surface area contributed by atoms with Crippen LogP contribution in [0.5, 0.6) is 0 Å². The Morgan fingerprint density at radius 3 is 2.47 bits per heavy atom. The van der Waals surface area contributed by atoms with Crippen molar-refractivity contribution >= 4 is 0 Å². The molecule has 1 fully saturated rings. The molecular weight excluding hydrogens is 210 g/mol. The van der Waals surface area contributed by atoms with Gasteiger partial charge in [-0.1, -0.05) is 13.8 Å². The van der Waals surface area contributed by atoms with E-state index < -0.39 is 0 Å². The van der Waals surface area contributed by atoms with E-state index in [0.29, 0.717) is 17.9 Å². The number of likely N-dealkylation sites (tertiary alicyclic amines) is 1. The Hall–Kier alpha value is -0.120. The van der Waals surface area contributed by atoms with E-state index in [2.05, 4.69) is 37.9 Å². The van der Waals surface area contributed by atoms with E-state index in [4.69, 9.17) is 5.73 Å². The molecule has 3 nitrogen and oxygen atoms in total. The van der Waals surface area contributed by atoms with Gasteiger partial charge in [-0.15, -0.1) is 0 Å². The van der Waals surface area contributed by atoms with Gasteiger partial charge in [-0.3, -0.25) is 0 Å². The molecule has 2 atom stereocenters. The van der Waals surface area contributed by atoms with E-state index in [9.17, 15) is 0 Å². The minimum absolute atomic E-state index is 0.623. The van der Waals surface area contributed by atoms with Crippen LogP contribution in [0.15, 0.2) is 0 Å². The van der Waals surface area contributed by atoms with Crippen LogP contribution in [-0.2, 0) is 0 Å². The summed E-state index contributed by atoms with van der Waals surface area (Å²) >= 11 is 0. The molecule has 3 heteroatoms. The highest BCUT2D eigenvalue weighted by Gasteiger charge is 2.23. The number of hydrogen-bond donors (Lipinski definition) is 2. The van der Waals surface area contributed by atoms with Gasteiger partial charge in [0.15, 0.2) is 0 Å². The van der Waals surface area contributed by atoms with Crippen molar-refractivity contribution in [1.29, 1.82) is 0 Å². The molecule has 1 heterocycles. The minimum Gasteiger partial charge on any atom is -0.330 e. The second-order valence-corrected chi connectivity index (χ2v) is 6.14. The number of nitrogens with zero attached hydrogens (tertiary/aromatic N) is 1. The van der Waals surface area contributed by atoms with E-state index in [-0.39, 0.29) is 0 Å². The highest BCUT2D eigenvalue weighted by Crippen LogP contribution is 2.17. The van der Waals surface area contributed by atoms with E-state index in [0.717, 1.165) is 25.6 Å². The Morgan fingerprint density at radius 1 is 1.29 bits per heavy atom. The van der Waals surface area contributed by atoms with Gasteiger partial charge in [0.1, 0.15) is 0 Å². The fourth-order valence-corrected chi connectivity index (χ4v) is 2.56. The fraction of sp³-hybridized carbons (Fsp3) is 1.00. The van der Waals surface area contributed by atoms with Gasteiger partial charge in [0, 0.05) is 12.6 Å². The first-order valence-corrected chi connectivity index (χ1v) is 7.19. The molecule has 1 saturated heterocycles. The third-order valence-electron chi connectivity index (χ3n) is 4.13. The molecule has 0 amide bonds. The molecule has 0 aromatic rings. The molecule has 0 spiro atoms. The molecule has 1 aliphatic heterocycles. The van der Waals surface area contributed by atoms with Crippen molar-refractivity contribution < 1.29 is 0 Å². The predicted octanol–water partition coefficient (Wildman–Crippen LogP) is 1.54. The molecular formula is C14H31N3. The standard InChI is InChI=1S/C14H31N3/c1-11(2)14(7-15)9-16-8-13-5-6-17(10-13)12(3)4/h11-14,16H,5-10,15H2,1-4H3. The van der Waals surface area contributed by atoms with Gasteiger partial charge < -0.3 is 16.0 Å². The number of nitrogens with one attached hydrogen (secondary N) is 1. The minimum atomic E-state index is 0.623. The summed E-state index contributed by atoms with van der Waals surface area (Å²) in [6.07, 6.45) is 1.35. The summed E-state index contributed by atoms with van der Waals surface area (Å²) in [6.45, 7) is 14.7. The van der Waals surface area contributed by atoms with Crippen molar-refractivity contribution in [2.24, 2.45) is 23.5 Å². The number of hydrogen-bond acceptors (Lipinski definition) is 3. The van der Waals surface area contributed by atoms with Crippen molar-refractivity contribution in [2.45, 2.75) is 40.2 Å². The summed E-state index contributed by atoms with van der Waals surface area (Å²) in [4.78, 5) is 2.58. The summed E-state index contributed by atoms with van der Waals surface area (Å²) < 4.78 is 0. The molecule has 0 saturated carbocycles. The van der Waals surface area contributed by atoms with Gasteiger partial charge in [-0.25, -0.2) is 0 Å². The maximum Gasteiger partial charge on any atom is 0.00387 e. The summed E-state index contributed by atoms with van der Waals surface area (Å²) in [5.74, 6) is 2.14. The van der Waals surface area contributed by atoms with Crippen molar-refractivity contribution in [3.63, 3.8) is 0 Å². The van der Waals surface area contributed by atoms with Crippen molar-refractivity contribution in [3.05, 3.63) is 0 Å². The predicted molar refractivity (Wildman–Crippen MR) is 75.1 cm³/mol. The zero-order chi connectivity index (χ0) is 12.8. The molecule has 0 aromatic carbocycles. The fourth-order valence-electron chi connectivity index (χ4n) is 2.56. The van der Waals surface area contributed by atoms with Gasteiger partial charge in [-0.05, 0) is 64.2 Å². The third-order valence-corrected chi connectivity index (χ3v) is 4.13. The van der Waals surface area contributed by atoms with Crippen LogP contribution in [0, 0.1) is 17.8 Å². The lowest BCUT2D eigenvalue weighted by atomic mass is 9.96. The average Bonchev–Trinajstić information content (AvgIpc) is 2.72. The Balaban J connectivity index is 2.15.